The second-order valence-electron chi connectivity index (χ2n) is 11.9. The lowest BCUT2D eigenvalue weighted by Crippen LogP contribution is -2.63. The zero-order valence-corrected chi connectivity index (χ0v) is 29.0. The fourth-order valence-electron chi connectivity index (χ4n) is 5.41. The van der Waals surface area contributed by atoms with Crippen molar-refractivity contribution in [2.24, 2.45) is 27.5 Å². The van der Waals surface area contributed by atoms with Crippen LogP contribution in [0, 0.1) is 5.92 Å². The highest BCUT2D eigenvalue weighted by atomic mass is 32.2. The van der Waals surface area contributed by atoms with Crippen molar-refractivity contribution in [1.82, 2.24) is 19.4 Å². The van der Waals surface area contributed by atoms with Gasteiger partial charge in [-0.1, -0.05) is 5.16 Å². The van der Waals surface area contributed by atoms with Crippen LogP contribution in [0.1, 0.15) is 31.7 Å². The fraction of sp³-hybridized carbons (Fsp3) is 0.300. The SMILES string of the molecule is CC(C)(O/N=C(\C(=O)C[C@@H]1C(=O)N2C(C(=O)[O-])=C(C[n+]3ccc4c(ccn4Cc4csc(N=C(N)N)n4)c3)CS[C@H]12)c1csc(N)n1)C(=O)O. The number of nitrogen functional groups attached to an aromatic ring is 1. The number of β-lactam (4-membered cyclic amide) rings is 1. The van der Waals surface area contributed by atoms with Crippen molar-refractivity contribution in [3.8, 4) is 0 Å². The van der Waals surface area contributed by atoms with Crippen molar-refractivity contribution in [3.63, 3.8) is 0 Å². The van der Waals surface area contributed by atoms with E-state index in [1.807, 2.05) is 45.2 Å². The molecular weight excluding hydrogens is 709 g/mol. The fourth-order valence-corrected chi connectivity index (χ4v) is 8.06. The maximum Gasteiger partial charge on any atom is 0.350 e. The zero-order valence-electron chi connectivity index (χ0n) is 26.5. The molecule has 2 aliphatic rings. The lowest BCUT2D eigenvalue weighted by molar-refractivity contribution is -0.687. The molecular formula is C30H30N10O7S3. The van der Waals surface area contributed by atoms with Gasteiger partial charge in [0.1, 0.15) is 5.69 Å². The molecule has 0 aliphatic carbocycles. The van der Waals surface area contributed by atoms with E-state index in [0.717, 1.165) is 27.9 Å². The minimum absolute atomic E-state index is 0.0666. The molecule has 0 radical (unpaired) electrons. The molecule has 2 aliphatic heterocycles. The second-order valence-corrected chi connectivity index (χ2v) is 14.7. The Bertz CT molecular complexity index is 2130. The van der Waals surface area contributed by atoms with Crippen molar-refractivity contribution < 1.29 is 38.8 Å². The number of oxime groups is 1. The minimum atomic E-state index is -1.76. The maximum atomic E-state index is 13.5. The number of carbonyl (C=O) groups excluding carboxylic acids is 3. The van der Waals surface area contributed by atoms with Crippen LogP contribution in [0.15, 0.2) is 62.9 Å². The van der Waals surface area contributed by atoms with Crippen LogP contribution in [0.5, 0.6) is 0 Å². The van der Waals surface area contributed by atoms with Crippen LogP contribution in [-0.4, -0.2) is 76.6 Å². The van der Waals surface area contributed by atoms with Crippen LogP contribution in [-0.2, 0) is 37.1 Å². The molecule has 6 rings (SSSR count). The topological polar surface area (TPSA) is 261 Å². The second kappa shape index (κ2) is 13.5. The summed E-state index contributed by atoms with van der Waals surface area (Å²) in [7, 11) is 0. The number of rotatable bonds is 13. The van der Waals surface area contributed by atoms with Gasteiger partial charge in [-0.3, -0.25) is 14.5 Å². The van der Waals surface area contributed by atoms with E-state index in [1.54, 1.807) is 0 Å². The number of pyridine rings is 1. The average Bonchev–Trinajstić information content (AvgIpc) is 3.79. The Kier molecular flexibility index (Phi) is 9.33. The van der Waals surface area contributed by atoms with E-state index >= 15 is 0 Å². The molecule has 7 N–H and O–H groups in total. The normalized spacial score (nSPS) is 17.8. The van der Waals surface area contributed by atoms with E-state index in [-0.39, 0.29) is 46.9 Å². The van der Waals surface area contributed by atoms with Crippen molar-refractivity contribution >= 4 is 90.9 Å². The molecule has 20 heteroatoms. The molecule has 0 unspecified atom stereocenters. The van der Waals surface area contributed by atoms with Crippen LogP contribution >= 0.6 is 34.4 Å². The first-order valence-corrected chi connectivity index (χ1v) is 17.7. The summed E-state index contributed by atoms with van der Waals surface area (Å²) in [5, 5.41) is 29.8. The zero-order chi connectivity index (χ0) is 35.9. The molecule has 0 spiro atoms. The third kappa shape index (κ3) is 6.89. The molecule has 1 saturated heterocycles. The number of thioether (sulfide) groups is 1. The monoisotopic (exact) mass is 738 g/mol. The molecule has 4 aromatic heterocycles. The van der Waals surface area contributed by atoms with Gasteiger partial charge < -0.3 is 41.6 Å². The number of carbonyl (C=O) groups is 4. The highest BCUT2D eigenvalue weighted by molar-refractivity contribution is 8.00. The van der Waals surface area contributed by atoms with Crippen LogP contribution < -0.4 is 26.9 Å². The van der Waals surface area contributed by atoms with Crippen molar-refractivity contribution in [3.05, 3.63) is 64.1 Å². The van der Waals surface area contributed by atoms with Gasteiger partial charge in [-0.25, -0.2) is 19.3 Å². The smallest absolute Gasteiger partial charge is 0.350 e. The van der Waals surface area contributed by atoms with E-state index < -0.39 is 40.5 Å². The molecule has 4 aromatic rings. The minimum Gasteiger partial charge on any atom is -0.543 e. The Morgan fingerprint density at radius 2 is 1.98 bits per heavy atom. The summed E-state index contributed by atoms with van der Waals surface area (Å²) in [5.74, 6) is -4.66. The Hall–Kier alpha value is -5.34. The first-order chi connectivity index (χ1) is 23.7. The first kappa shape index (κ1) is 34.5. The number of aliphatic carboxylic acids is 2. The molecule has 260 valence electrons. The lowest BCUT2D eigenvalue weighted by Gasteiger charge is -2.50. The standard InChI is InChI=1S/C30H30N10O7S3/c1-30(2,26(45)46)47-37-21(18-13-49-28(33)35-18)20(41)7-17-23(42)40-22(25(43)44)15(11-48-24(17)40)9-38-5-4-19-14(8-38)3-6-39(19)10-16-12-50-29(34-16)36-27(31)32/h3-6,8,12-13,17,24H,7,9-11H2,1-2H3,(H7-,31,32,33,34,35,36,43,44,45,46)/b37-21-/t17-,24-/m1/s1. The van der Waals surface area contributed by atoms with Crippen LogP contribution in [0.2, 0.25) is 0 Å². The van der Waals surface area contributed by atoms with Crippen molar-refractivity contribution in [2.45, 2.75) is 44.3 Å². The number of nitrogens with zero attached hydrogens (tertiary/aromatic N) is 7. The largest absolute Gasteiger partial charge is 0.543 e. The van der Waals surface area contributed by atoms with E-state index in [2.05, 4.69) is 20.1 Å². The number of thiazole rings is 2. The molecule has 0 aromatic carbocycles. The molecule has 1 amide bonds. The predicted molar refractivity (Wildman–Crippen MR) is 183 cm³/mol. The third-order valence-electron chi connectivity index (χ3n) is 7.90. The molecule has 2 atom stereocenters. The van der Waals surface area contributed by atoms with Gasteiger partial charge in [0.25, 0.3) is 0 Å². The number of fused-ring (bicyclic) bond motifs is 2. The summed E-state index contributed by atoms with van der Waals surface area (Å²) in [6, 6.07) is 3.84. The Morgan fingerprint density at radius 1 is 1.20 bits per heavy atom. The molecule has 0 bridgehead atoms. The Labute approximate surface area is 295 Å². The molecule has 6 heterocycles. The highest BCUT2D eigenvalue weighted by Gasteiger charge is 2.53. The van der Waals surface area contributed by atoms with Crippen molar-refractivity contribution in [1.29, 1.82) is 0 Å². The van der Waals surface area contributed by atoms with Gasteiger partial charge in [0, 0.05) is 40.8 Å². The van der Waals surface area contributed by atoms with Gasteiger partial charge in [0.2, 0.25) is 16.6 Å². The summed E-state index contributed by atoms with van der Waals surface area (Å²) in [6.45, 7) is 3.19. The number of carboxylic acid groups (broad SMARTS) is 2. The Morgan fingerprint density at radius 3 is 2.66 bits per heavy atom. The number of amides is 1. The van der Waals surface area contributed by atoms with Gasteiger partial charge in [0.05, 0.1) is 46.1 Å². The number of hydrogen-bond acceptors (Lipinski definition) is 14. The van der Waals surface area contributed by atoms with Crippen LogP contribution in [0.25, 0.3) is 10.9 Å². The number of aromatic nitrogens is 4. The highest BCUT2D eigenvalue weighted by Crippen LogP contribution is 2.45. The molecule has 1 fully saturated rings. The van der Waals surface area contributed by atoms with E-state index in [9.17, 15) is 29.4 Å². The quantitative estimate of drug-likeness (QED) is 0.0469. The lowest BCUT2D eigenvalue weighted by atomic mass is 9.89. The number of Topliss-reactive ketones (excluding diaryl/α,β-unsaturated/α-hetero) is 1. The summed E-state index contributed by atoms with van der Waals surface area (Å²) >= 11 is 3.71. The van der Waals surface area contributed by atoms with Crippen LogP contribution in [0.4, 0.5) is 10.3 Å². The third-order valence-corrected chi connectivity index (χ3v) is 10.8. The van der Waals surface area contributed by atoms with E-state index in [1.165, 1.54) is 47.2 Å². The summed E-state index contributed by atoms with van der Waals surface area (Å²) in [4.78, 5) is 69.6. The van der Waals surface area contributed by atoms with Crippen molar-refractivity contribution in [2.75, 3.05) is 11.5 Å². The number of ketones is 1. The molecule has 50 heavy (non-hydrogen) atoms. The maximum absolute atomic E-state index is 13.5. The van der Waals surface area contributed by atoms with E-state index in [0.29, 0.717) is 17.2 Å². The van der Waals surface area contributed by atoms with E-state index in [4.69, 9.17) is 22.0 Å². The summed E-state index contributed by atoms with van der Waals surface area (Å²) in [5.41, 5.74) is 16.6. The molecule has 0 saturated carbocycles. The number of aliphatic imine (C=N–C) groups is 1. The average molecular weight is 739 g/mol. The van der Waals surface area contributed by atoms with Gasteiger partial charge in [0.15, 0.2) is 41.5 Å². The van der Waals surface area contributed by atoms with Gasteiger partial charge in [-0.05, 0) is 19.9 Å². The van der Waals surface area contributed by atoms with Gasteiger partial charge in [-0.2, -0.15) is 4.99 Å². The van der Waals surface area contributed by atoms with Gasteiger partial charge >= 0.3 is 5.97 Å². The predicted octanol–water partition coefficient (Wildman–Crippen LogP) is 0.156. The Balaban J connectivity index is 1.18. The summed E-state index contributed by atoms with van der Waals surface area (Å²) in [6.07, 6.45) is 5.28. The van der Waals surface area contributed by atoms with Gasteiger partial charge in [-0.15, -0.1) is 34.4 Å². The number of guanidine groups is 1. The van der Waals surface area contributed by atoms with Crippen LogP contribution in [0.3, 0.4) is 0 Å². The number of carboxylic acids is 2. The summed E-state index contributed by atoms with van der Waals surface area (Å²) < 4.78 is 3.84. The molecule has 17 nitrogen and oxygen atoms in total. The number of nitrogens with two attached hydrogens (primary N) is 3. The first-order valence-electron chi connectivity index (χ1n) is 14.9. The number of anilines is 1. The number of hydrogen-bond donors (Lipinski definition) is 4.